The Labute approximate surface area is 124 Å². The third-order valence-corrected chi connectivity index (χ3v) is 4.14. The zero-order valence-electron chi connectivity index (χ0n) is 12.5. The molecule has 6 heteroatoms. The molecule has 0 bridgehead atoms. The lowest BCUT2D eigenvalue weighted by atomic mass is 9.98. The number of thioether (sulfide) groups is 1. The maximum absolute atomic E-state index is 11.9. The van der Waals surface area contributed by atoms with Gasteiger partial charge in [-0.25, -0.2) is 4.79 Å². The van der Waals surface area contributed by atoms with Crippen LogP contribution in [0, 0.1) is 0 Å². The van der Waals surface area contributed by atoms with Gasteiger partial charge in [-0.2, -0.15) is 0 Å². The van der Waals surface area contributed by atoms with E-state index in [0.29, 0.717) is 25.8 Å². The van der Waals surface area contributed by atoms with Crippen LogP contribution in [0.25, 0.3) is 0 Å². The first-order chi connectivity index (χ1) is 9.29. The van der Waals surface area contributed by atoms with Crippen LogP contribution in [0.3, 0.4) is 0 Å². The van der Waals surface area contributed by atoms with Gasteiger partial charge in [0.15, 0.2) is 0 Å². The van der Waals surface area contributed by atoms with Crippen molar-refractivity contribution < 1.29 is 19.1 Å². The molecule has 0 aliphatic carbocycles. The van der Waals surface area contributed by atoms with Gasteiger partial charge in [-0.3, -0.25) is 4.79 Å². The Morgan fingerprint density at radius 3 is 2.60 bits per heavy atom. The topological polar surface area (TPSA) is 64.6 Å². The molecule has 1 amide bonds. The third kappa shape index (κ3) is 5.07. The van der Waals surface area contributed by atoms with Gasteiger partial charge in [0.2, 0.25) is 0 Å². The summed E-state index contributed by atoms with van der Waals surface area (Å²) in [6.45, 7) is 5.94. The monoisotopic (exact) mass is 301 g/mol. The summed E-state index contributed by atoms with van der Waals surface area (Å²) in [4.78, 5) is 23.3. The summed E-state index contributed by atoms with van der Waals surface area (Å²) in [5.74, 6) is -0.204. The first kappa shape index (κ1) is 16.9. The van der Waals surface area contributed by atoms with Gasteiger partial charge < -0.3 is 14.8 Å². The maximum Gasteiger partial charge on any atom is 0.407 e. The first-order valence-electron chi connectivity index (χ1n) is 6.67. The summed E-state index contributed by atoms with van der Waals surface area (Å²) in [7, 11) is 1.40. The Kier molecular flexibility index (Phi) is 5.92. The van der Waals surface area contributed by atoms with Crippen molar-refractivity contribution in [1.29, 1.82) is 0 Å². The van der Waals surface area contributed by atoms with Gasteiger partial charge in [0.05, 0.1) is 7.11 Å². The molecule has 1 aliphatic heterocycles. The average Bonchev–Trinajstić information content (AvgIpc) is 2.81. The minimum atomic E-state index is -0.523. The molecule has 0 radical (unpaired) electrons. The van der Waals surface area contributed by atoms with E-state index in [2.05, 4.69) is 5.32 Å². The fraction of sp³-hybridized carbons (Fsp3) is 0.714. The van der Waals surface area contributed by atoms with E-state index in [9.17, 15) is 9.59 Å². The van der Waals surface area contributed by atoms with Gasteiger partial charge >= 0.3 is 12.1 Å². The highest BCUT2D eigenvalue weighted by Gasteiger charge is 2.40. The Morgan fingerprint density at radius 2 is 2.10 bits per heavy atom. The van der Waals surface area contributed by atoms with Crippen LogP contribution >= 0.6 is 11.8 Å². The summed E-state index contributed by atoms with van der Waals surface area (Å²) in [6.07, 6.45) is 3.58. The Bertz CT molecular complexity index is 379. The van der Waals surface area contributed by atoms with Crippen LogP contribution in [-0.2, 0) is 14.3 Å². The highest BCUT2D eigenvalue weighted by atomic mass is 32.2. The molecule has 20 heavy (non-hydrogen) atoms. The number of carbonyl (C=O) groups excluding carboxylic acids is 2. The fourth-order valence-corrected chi connectivity index (χ4v) is 3.01. The molecular weight excluding hydrogens is 278 g/mol. The highest BCUT2D eigenvalue weighted by molar-refractivity contribution is 8.04. The van der Waals surface area contributed by atoms with Gasteiger partial charge in [-0.05, 0) is 45.4 Å². The summed E-state index contributed by atoms with van der Waals surface area (Å²) >= 11 is 1.49. The van der Waals surface area contributed by atoms with Crippen LogP contribution in [0.15, 0.2) is 11.5 Å². The van der Waals surface area contributed by atoms with E-state index in [4.69, 9.17) is 9.47 Å². The molecule has 0 saturated heterocycles. The zero-order valence-corrected chi connectivity index (χ0v) is 13.3. The van der Waals surface area contributed by atoms with E-state index in [1.807, 2.05) is 32.3 Å². The van der Waals surface area contributed by atoms with Crippen molar-refractivity contribution in [1.82, 2.24) is 5.32 Å². The number of hydrogen-bond acceptors (Lipinski definition) is 5. The number of ether oxygens (including phenoxy) is 2. The lowest BCUT2D eigenvalue weighted by molar-refractivity contribution is -0.143. The van der Waals surface area contributed by atoms with E-state index in [1.54, 1.807) is 0 Å². The number of esters is 1. The second kappa shape index (κ2) is 7.02. The number of alkyl carbamates (subject to hydrolysis) is 1. The Hall–Kier alpha value is -1.17. The van der Waals surface area contributed by atoms with Crippen molar-refractivity contribution in [3.05, 3.63) is 11.5 Å². The molecule has 1 unspecified atom stereocenters. The van der Waals surface area contributed by atoms with Gasteiger partial charge in [0.1, 0.15) is 10.3 Å². The number of allylic oxidation sites excluding steroid dienone is 1. The summed E-state index contributed by atoms with van der Waals surface area (Å²) in [6, 6.07) is 0. The minimum Gasteiger partial charge on any atom is -0.468 e. The van der Waals surface area contributed by atoms with Crippen molar-refractivity contribution in [3.8, 4) is 0 Å². The van der Waals surface area contributed by atoms with E-state index < -0.39 is 16.4 Å². The maximum atomic E-state index is 11.9. The molecule has 0 aromatic carbocycles. The van der Waals surface area contributed by atoms with E-state index >= 15 is 0 Å². The second-order valence-corrected chi connectivity index (χ2v) is 7.00. The first-order valence-corrected chi connectivity index (χ1v) is 7.55. The van der Waals surface area contributed by atoms with E-state index in [0.717, 1.165) is 0 Å². The molecule has 1 aliphatic rings. The quantitative estimate of drug-likeness (QED) is 0.625. The van der Waals surface area contributed by atoms with Crippen LogP contribution in [-0.4, -0.2) is 36.1 Å². The summed E-state index contributed by atoms with van der Waals surface area (Å²) in [5, 5.41) is 4.62. The van der Waals surface area contributed by atoms with Crippen molar-refractivity contribution >= 4 is 23.8 Å². The molecule has 1 N–H and O–H groups in total. The Morgan fingerprint density at radius 1 is 1.40 bits per heavy atom. The number of nitrogens with one attached hydrogen (secondary N) is 1. The molecule has 1 rings (SSSR count). The number of methoxy groups -OCH3 is 1. The van der Waals surface area contributed by atoms with Crippen molar-refractivity contribution in [2.24, 2.45) is 0 Å². The van der Waals surface area contributed by atoms with Crippen molar-refractivity contribution in [2.75, 3.05) is 13.7 Å². The van der Waals surface area contributed by atoms with Gasteiger partial charge in [-0.15, -0.1) is 11.8 Å². The van der Waals surface area contributed by atoms with Crippen LogP contribution in [0.4, 0.5) is 4.79 Å². The Balaban J connectivity index is 2.32. The summed E-state index contributed by atoms with van der Waals surface area (Å²) < 4.78 is 9.49. The van der Waals surface area contributed by atoms with Gasteiger partial charge in [0, 0.05) is 6.54 Å². The average molecular weight is 301 g/mol. The van der Waals surface area contributed by atoms with E-state index in [-0.39, 0.29) is 5.97 Å². The van der Waals surface area contributed by atoms with Crippen LogP contribution in [0.2, 0.25) is 0 Å². The molecule has 0 fully saturated rings. The van der Waals surface area contributed by atoms with Crippen LogP contribution in [0.5, 0.6) is 0 Å². The summed E-state index contributed by atoms with van der Waals surface area (Å²) in [5.41, 5.74) is -0.497. The molecule has 1 heterocycles. The molecule has 0 aromatic rings. The lowest BCUT2D eigenvalue weighted by Gasteiger charge is -2.25. The lowest BCUT2D eigenvalue weighted by Crippen LogP contribution is -2.36. The molecule has 114 valence electrons. The standard InChI is InChI=1S/C14H23NO4S/c1-13(2,3)19-12(17)15-9-5-7-14(11(16)18-4)8-6-10-20-14/h6,10H,5,7-9H2,1-4H3,(H,15,17). The normalized spacial score (nSPS) is 21.6. The zero-order chi connectivity index (χ0) is 15.2. The van der Waals surface area contributed by atoms with Crippen LogP contribution in [0.1, 0.15) is 40.0 Å². The predicted octanol–water partition coefficient (Wildman–Crippen LogP) is 2.85. The second-order valence-electron chi connectivity index (χ2n) is 5.71. The SMILES string of the molecule is COC(=O)C1(CCCNC(=O)OC(C)(C)C)CC=CS1. The van der Waals surface area contributed by atoms with Crippen molar-refractivity contribution in [3.63, 3.8) is 0 Å². The largest absolute Gasteiger partial charge is 0.468 e. The molecule has 0 saturated carbocycles. The van der Waals surface area contributed by atoms with Crippen molar-refractivity contribution in [2.45, 2.75) is 50.4 Å². The molecule has 0 aromatic heterocycles. The molecular formula is C14H23NO4S. The fourth-order valence-electron chi connectivity index (χ4n) is 1.92. The van der Waals surface area contributed by atoms with Crippen LogP contribution < -0.4 is 5.32 Å². The number of rotatable bonds is 5. The smallest absolute Gasteiger partial charge is 0.407 e. The third-order valence-electron chi connectivity index (χ3n) is 2.82. The van der Waals surface area contributed by atoms with Gasteiger partial charge in [0.25, 0.3) is 0 Å². The van der Waals surface area contributed by atoms with E-state index in [1.165, 1.54) is 18.9 Å². The van der Waals surface area contributed by atoms with Gasteiger partial charge in [-0.1, -0.05) is 6.08 Å². The molecule has 5 nitrogen and oxygen atoms in total. The molecule has 1 atom stereocenters. The number of hydrogen-bond donors (Lipinski definition) is 1. The predicted molar refractivity (Wildman–Crippen MR) is 79.6 cm³/mol. The number of amides is 1. The molecule has 0 spiro atoms. The highest BCUT2D eigenvalue weighted by Crippen LogP contribution is 2.41. The number of carbonyl (C=O) groups is 2. The minimum absolute atomic E-state index is 0.204.